The SMILES string of the molecule is [B]OC(=O)[C@@]1(SC[C@@H](CC)CC(=O)C(=O)c2ccc(O)c(O)c2Cl)CN2C(=O)[C@@H](CC(=O)/C(=N\OC(C)(C)C(=O)O)c3csc(N)n3)[C@H]2S1. The fourth-order valence-electron chi connectivity index (χ4n) is 4.84. The fraction of sp³-hybridized carbons (Fsp3) is 0.448. The number of nitrogen functional groups attached to an aromatic ring is 1. The highest BCUT2D eigenvalue weighted by molar-refractivity contribution is 8.20. The molecular formula is C29H30BClN4O11S3. The number of aliphatic carboxylic acids is 1. The van der Waals surface area contributed by atoms with Crippen molar-refractivity contribution in [1.29, 1.82) is 0 Å². The van der Waals surface area contributed by atoms with Crippen LogP contribution in [0.5, 0.6) is 11.5 Å². The summed E-state index contributed by atoms with van der Waals surface area (Å²) >= 11 is 9.13. The van der Waals surface area contributed by atoms with Crippen molar-refractivity contribution in [3.63, 3.8) is 0 Å². The van der Waals surface area contributed by atoms with Gasteiger partial charge in [-0.2, -0.15) is 0 Å². The van der Waals surface area contributed by atoms with Gasteiger partial charge >= 0.3 is 20.0 Å². The number of aromatic nitrogens is 1. The maximum Gasteiger partial charge on any atom is 0.378 e. The Kier molecular flexibility index (Phi) is 11.6. The zero-order chi connectivity index (χ0) is 36.4. The van der Waals surface area contributed by atoms with Crippen LogP contribution < -0.4 is 5.73 Å². The molecule has 15 nitrogen and oxygen atoms in total. The van der Waals surface area contributed by atoms with Gasteiger partial charge < -0.3 is 35.4 Å². The number of rotatable bonds is 16. The molecule has 2 saturated heterocycles. The van der Waals surface area contributed by atoms with Crippen molar-refractivity contribution < 1.29 is 53.6 Å². The molecule has 1 aromatic carbocycles. The Morgan fingerprint density at radius 3 is 2.55 bits per heavy atom. The maximum absolute atomic E-state index is 13.5. The highest BCUT2D eigenvalue weighted by Gasteiger charge is 2.62. The smallest absolute Gasteiger partial charge is 0.378 e. The van der Waals surface area contributed by atoms with Gasteiger partial charge in [0.15, 0.2) is 32.2 Å². The summed E-state index contributed by atoms with van der Waals surface area (Å²) in [6, 6.07) is 2.17. The number of hydrogen-bond acceptors (Lipinski definition) is 16. The van der Waals surface area contributed by atoms with Crippen molar-refractivity contribution in [2.45, 2.75) is 55.1 Å². The Hall–Kier alpha value is -3.81. The van der Waals surface area contributed by atoms with Crippen molar-refractivity contribution >= 4 is 101 Å². The number of fused-ring (bicyclic) bond motifs is 1. The minimum atomic E-state index is -1.79. The summed E-state index contributed by atoms with van der Waals surface area (Å²) in [6.45, 7) is 4.14. The monoisotopic (exact) mass is 752 g/mol. The van der Waals surface area contributed by atoms with Gasteiger partial charge in [0.1, 0.15) is 5.69 Å². The Labute approximate surface area is 298 Å². The van der Waals surface area contributed by atoms with Gasteiger partial charge in [-0.05, 0) is 37.7 Å². The van der Waals surface area contributed by atoms with E-state index in [1.807, 2.05) is 0 Å². The molecule has 4 atom stereocenters. The third-order valence-electron chi connectivity index (χ3n) is 7.87. The molecule has 49 heavy (non-hydrogen) atoms. The number of carboxylic acids is 1. The molecule has 1 aromatic heterocycles. The molecule has 260 valence electrons. The second kappa shape index (κ2) is 15.0. The average Bonchev–Trinajstić information content (AvgIpc) is 3.65. The van der Waals surface area contributed by atoms with Crippen LogP contribution in [0.2, 0.25) is 5.02 Å². The lowest BCUT2D eigenvalue weighted by atomic mass is 9.90. The van der Waals surface area contributed by atoms with E-state index in [0.717, 1.165) is 47.0 Å². The predicted molar refractivity (Wildman–Crippen MR) is 182 cm³/mol. The fourth-order valence-corrected chi connectivity index (χ4v) is 9.09. The molecule has 0 bridgehead atoms. The third kappa shape index (κ3) is 7.84. The van der Waals surface area contributed by atoms with Gasteiger partial charge in [-0.15, -0.1) is 34.9 Å². The summed E-state index contributed by atoms with van der Waals surface area (Å²) in [7, 11) is 5.28. The zero-order valence-electron chi connectivity index (χ0n) is 26.2. The average molecular weight is 753 g/mol. The number of carbonyl (C=O) groups excluding carboxylic acids is 5. The summed E-state index contributed by atoms with van der Waals surface area (Å²) < 4.78 is 3.18. The van der Waals surface area contributed by atoms with Gasteiger partial charge in [0.2, 0.25) is 23.1 Å². The van der Waals surface area contributed by atoms with Crippen molar-refractivity contribution in [2.75, 3.05) is 18.0 Å². The second-order valence-electron chi connectivity index (χ2n) is 11.6. The number of anilines is 1. The lowest BCUT2D eigenvalue weighted by Crippen LogP contribution is -2.57. The quantitative estimate of drug-likeness (QED) is 0.0367. The van der Waals surface area contributed by atoms with Crippen LogP contribution in [0.4, 0.5) is 5.13 Å². The number of nitrogens with two attached hydrogens (primary N) is 1. The first kappa shape index (κ1) is 38.0. The van der Waals surface area contributed by atoms with Gasteiger partial charge in [-0.3, -0.25) is 24.0 Å². The number of Topliss-reactive ketones (excluding diaryl/α,β-unsaturated/α-hetero) is 3. The summed E-state index contributed by atoms with van der Waals surface area (Å²) in [5.41, 5.74) is 3.37. The van der Waals surface area contributed by atoms with Crippen molar-refractivity contribution in [3.8, 4) is 11.5 Å². The minimum absolute atomic E-state index is 0.0381. The van der Waals surface area contributed by atoms with E-state index in [1.54, 1.807) is 6.92 Å². The normalized spacial score (nSPS) is 21.0. The topological polar surface area (TPSA) is 236 Å². The van der Waals surface area contributed by atoms with Gasteiger partial charge in [-0.25, -0.2) is 9.78 Å². The highest BCUT2D eigenvalue weighted by atomic mass is 35.5. The van der Waals surface area contributed by atoms with Crippen molar-refractivity contribution in [3.05, 3.63) is 33.8 Å². The Bertz CT molecular complexity index is 1740. The summed E-state index contributed by atoms with van der Waals surface area (Å²) in [5.74, 6) is -7.47. The van der Waals surface area contributed by atoms with Crippen LogP contribution in [-0.2, 0) is 33.5 Å². The van der Waals surface area contributed by atoms with E-state index >= 15 is 0 Å². The lowest BCUT2D eigenvalue weighted by molar-refractivity contribution is -0.161. The molecule has 0 aliphatic carbocycles. The molecule has 4 rings (SSSR count). The zero-order valence-corrected chi connectivity index (χ0v) is 29.4. The van der Waals surface area contributed by atoms with E-state index in [9.17, 15) is 44.1 Å². The molecule has 2 aromatic rings. The number of phenolic OH excluding ortho intramolecular Hbond substituents is 2. The molecule has 1 amide bonds. The van der Waals surface area contributed by atoms with Gasteiger partial charge in [0, 0.05) is 23.8 Å². The first-order chi connectivity index (χ1) is 23.0. The van der Waals surface area contributed by atoms with Gasteiger partial charge in [0.25, 0.3) is 0 Å². The Morgan fingerprint density at radius 2 is 1.96 bits per heavy atom. The number of oxime groups is 1. The first-order valence-corrected chi connectivity index (χ1v) is 17.6. The van der Waals surface area contributed by atoms with Crippen LogP contribution in [0, 0.1) is 11.8 Å². The van der Waals surface area contributed by atoms with E-state index in [-0.39, 0.29) is 47.2 Å². The van der Waals surface area contributed by atoms with Crippen LogP contribution in [0.3, 0.4) is 0 Å². The van der Waals surface area contributed by atoms with Crippen LogP contribution in [0.15, 0.2) is 22.7 Å². The number of thioether (sulfide) groups is 2. The molecule has 2 aliphatic rings. The van der Waals surface area contributed by atoms with E-state index in [4.69, 9.17) is 30.2 Å². The van der Waals surface area contributed by atoms with Crippen molar-refractivity contribution in [1.82, 2.24) is 9.88 Å². The maximum atomic E-state index is 13.5. The lowest BCUT2D eigenvalue weighted by Gasteiger charge is -2.41. The summed E-state index contributed by atoms with van der Waals surface area (Å²) in [4.78, 5) is 87.6. The standard InChI is InChI=1S/C29H30BClN4O11S3/c1-4-12(7-18(38)21(39)13-5-6-16(36)22(40)19(13)31)9-48-29(26(44)45-30)11-35-23(41)14(24(35)49-29)8-17(37)20(15-10-47-27(32)33-15)34-46-28(2,3)25(42)43/h5-6,10,12,14,24,36,40H,4,7-9,11H2,1-3H3,(H2,32,33)(H,42,43)/b34-20-/t12-,14+,24+,29+/m0/s1. The molecule has 2 fully saturated rings. The van der Waals surface area contributed by atoms with E-state index in [0.29, 0.717) is 6.42 Å². The molecule has 5 N–H and O–H groups in total. The number of ketones is 3. The predicted octanol–water partition coefficient (Wildman–Crippen LogP) is 2.79. The van der Waals surface area contributed by atoms with Crippen LogP contribution in [-0.4, -0.2) is 102 Å². The minimum Gasteiger partial charge on any atom is -0.542 e. The number of amides is 1. The second-order valence-corrected chi connectivity index (χ2v) is 15.9. The number of aromatic hydroxyl groups is 2. The molecule has 2 radical (unpaired) electrons. The number of benzene rings is 1. The van der Waals surface area contributed by atoms with Crippen LogP contribution >= 0.6 is 46.5 Å². The number of nitrogens with zero attached hydrogens (tertiary/aromatic N) is 3. The van der Waals surface area contributed by atoms with Crippen LogP contribution in [0.25, 0.3) is 0 Å². The van der Waals surface area contributed by atoms with Gasteiger partial charge in [-0.1, -0.05) is 30.1 Å². The third-order valence-corrected chi connectivity index (χ3v) is 12.5. The molecule has 0 spiro atoms. The number of carbonyl (C=O) groups is 6. The number of phenols is 2. The first-order valence-electron chi connectivity index (χ1n) is 14.5. The summed E-state index contributed by atoms with van der Waals surface area (Å²) in [5, 5.41) is 33.1. The molecule has 0 unspecified atom stereocenters. The number of β-lactam (4-membered cyclic amide) rings is 1. The number of halogens is 1. The van der Waals surface area contributed by atoms with Crippen LogP contribution in [0.1, 0.15) is 56.1 Å². The molecule has 2 aliphatic heterocycles. The molecule has 0 saturated carbocycles. The Balaban J connectivity index is 1.47. The van der Waals surface area contributed by atoms with E-state index in [1.165, 1.54) is 24.1 Å². The summed E-state index contributed by atoms with van der Waals surface area (Å²) in [6.07, 6.45) is -0.180. The van der Waals surface area contributed by atoms with E-state index in [2.05, 4.69) is 14.8 Å². The largest absolute Gasteiger partial charge is 0.542 e. The molecule has 20 heteroatoms. The highest BCUT2D eigenvalue weighted by Crippen LogP contribution is 2.56. The number of carboxylic acid groups (broad SMARTS) is 1. The number of hydrogen-bond donors (Lipinski definition) is 4. The Morgan fingerprint density at radius 1 is 1.27 bits per heavy atom. The van der Waals surface area contributed by atoms with E-state index < -0.39 is 78.6 Å². The molecular weight excluding hydrogens is 723 g/mol. The van der Waals surface area contributed by atoms with Crippen molar-refractivity contribution in [2.24, 2.45) is 17.0 Å². The number of thiazole rings is 1. The van der Waals surface area contributed by atoms with Gasteiger partial charge in [0.05, 0.1) is 22.9 Å². The molecule has 3 heterocycles.